The molecule has 170 valence electrons. The van der Waals surface area contributed by atoms with Crippen molar-refractivity contribution in [2.75, 3.05) is 0 Å². The maximum Gasteiger partial charge on any atom is 0.181 e. The van der Waals surface area contributed by atoms with Crippen molar-refractivity contribution in [1.82, 2.24) is 19.4 Å². The first-order chi connectivity index (χ1) is 16.0. The molecule has 0 amide bonds. The number of nitrogens with zero attached hydrogens (tertiary/aromatic N) is 4. The Kier molecular flexibility index (Phi) is 5.81. The summed E-state index contributed by atoms with van der Waals surface area (Å²) in [6.45, 7) is 0. The molecule has 1 aromatic carbocycles. The molecule has 1 aliphatic carbocycles. The average Bonchev–Trinajstić information content (AvgIpc) is 3.41. The van der Waals surface area contributed by atoms with E-state index in [0.29, 0.717) is 24.1 Å². The van der Waals surface area contributed by atoms with Gasteiger partial charge in [-0.2, -0.15) is 10.2 Å². The standard InChI is InChI=1S/C26H27FN4O2/c1-30-16-21(15-29-30)17-8-9-18(22(27)12-17)11-20-13-24(31-23(20)6-4-10-28-31)26(33)14-19-5-2-3-7-25(19)32/h4,6,8-10,12-13,15-16,19,25,32H,2-3,5,7,11,14H2,1H3/t19-,25+/m1/s1. The number of ketones is 1. The number of fused-ring (bicyclic) bond motifs is 1. The van der Waals surface area contributed by atoms with E-state index >= 15 is 4.39 Å². The highest BCUT2D eigenvalue weighted by atomic mass is 19.1. The van der Waals surface area contributed by atoms with Crippen molar-refractivity contribution in [1.29, 1.82) is 0 Å². The van der Waals surface area contributed by atoms with E-state index in [4.69, 9.17) is 0 Å². The molecule has 0 unspecified atom stereocenters. The molecule has 5 rings (SSSR count). The normalized spacial score (nSPS) is 18.6. The van der Waals surface area contributed by atoms with Crippen molar-refractivity contribution in [3.63, 3.8) is 0 Å². The minimum Gasteiger partial charge on any atom is -0.393 e. The van der Waals surface area contributed by atoms with E-state index in [1.807, 2.05) is 37.5 Å². The third kappa shape index (κ3) is 4.33. The van der Waals surface area contributed by atoms with Gasteiger partial charge in [0.2, 0.25) is 0 Å². The highest BCUT2D eigenvalue weighted by molar-refractivity contribution is 5.96. The minimum absolute atomic E-state index is 0.0126. The summed E-state index contributed by atoms with van der Waals surface area (Å²) in [5.74, 6) is -0.340. The van der Waals surface area contributed by atoms with E-state index in [9.17, 15) is 9.90 Å². The topological polar surface area (TPSA) is 72.4 Å². The smallest absolute Gasteiger partial charge is 0.181 e. The quantitative estimate of drug-likeness (QED) is 0.440. The first-order valence-corrected chi connectivity index (χ1v) is 11.4. The zero-order valence-electron chi connectivity index (χ0n) is 18.6. The number of halogens is 1. The van der Waals surface area contributed by atoms with Crippen LogP contribution < -0.4 is 0 Å². The summed E-state index contributed by atoms with van der Waals surface area (Å²) in [4.78, 5) is 13.2. The number of hydrogen-bond acceptors (Lipinski definition) is 4. The van der Waals surface area contributed by atoms with Crippen molar-refractivity contribution in [3.8, 4) is 11.1 Å². The largest absolute Gasteiger partial charge is 0.393 e. The van der Waals surface area contributed by atoms with E-state index in [0.717, 1.165) is 47.9 Å². The molecule has 0 radical (unpaired) electrons. The predicted octanol–water partition coefficient (Wildman–Crippen LogP) is 4.59. The molecule has 33 heavy (non-hydrogen) atoms. The van der Waals surface area contributed by atoms with Crippen LogP contribution in [0.4, 0.5) is 4.39 Å². The van der Waals surface area contributed by atoms with Gasteiger partial charge in [-0.3, -0.25) is 9.48 Å². The van der Waals surface area contributed by atoms with E-state index < -0.39 is 6.10 Å². The highest BCUT2D eigenvalue weighted by Crippen LogP contribution is 2.30. The van der Waals surface area contributed by atoms with E-state index in [-0.39, 0.29) is 17.5 Å². The molecule has 1 N–H and O–H groups in total. The van der Waals surface area contributed by atoms with Crippen LogP contribution in [0.2, 0.25) is 0 Å². The Morgan fingerprint density at radius 2 is 1.97 bits per heavy atom. The van der Waals surface area contributed by atoms with Crippen LogP contribution in [0, 0.1) is 11.7 Å². The molecule has 0 spiro atoms. The molecule has 1 fully saturated rings. The molecule has 3 aromatic heterocycles. The lowest BCUT2D eigenvalue weighted by molar-refractivity contribution is 0.0580. The predicted molar refractivity (Wildman–Crippen MR) is 124 cm³/mol. The number of aliphatic hydroxyl groups excluding tert-OH is 1. The lowest BCUT2D eigenvalue weighted by Crippen LogP contribution is -2.27. The Balaban J connectivity index is 1.43. The van der Waals surface area contributed by atoms with Gasteiger partial charge in [0.05, 0.1) is 17.8 Å². The molecule has 7 heteroatoms. The maximum absolute atomic E-state index is 15.0. The second-order valence-corrected chi connectivity index (χ2v) is 9.00. The van der Waals surface area contributed by atoms with Gasteiger partial charge < -0.3 is 5.11 Å². The number of carbonyl (C=O) groups is 1. The van der Waals surface area contributed by atoms with Gasteiger partial charge in [-0.1, -0.05) is 25.0 Å². The first-order valence-electron chi connectivity index (χ1n) is 11.4. The number of aryl methyl sites for hydroxylation is 1. The van der Waals surface area contributed by atoms with Crippen molar-refractivity contribution in [2.45, 2.75) is 44.6 Å². The van der Waals surface area contributed by atoms with Crippen molar-refractivity contribution >= 4 is 11.3 Å². The molecule has 1 aliphatic rings. The maximum atomic E-state index is 15.0. The van der Waals surface area contributed by atoms with Crippen LogP contribution in [0.15, 0.2) is 55.0 Å². The fourth-order valence-electron chi connectivity index (χ4n) is 4.86. The number of carbonyl (C=O) groups excluding carboxylic acids is 1. The van der Waals surface area contributed by atoms with Gasteiger partial charge in [0, 0.05) is 37.8 Å². The van der Waals surface area contributed by atoms with Gasteiger partial charge in [0.25, 0.3) is 0 Å². The summed E-state index contributed by atoms with van der Waals surface area (Å²) >= 11 is 0. The first kappa shape index (κ1) is 21.5. The highest BCUT2D eigenvalue weighted by Gasteiger charge is 2.27. The van der Waals surface area contributed by atoms with Crippen LogP contribution in [-0.4, -0.2) is 36.4 Å². The molecule has 3 heterocycles. The molecule has 6 nitrogen and oxygen atoms in total. The molecular weight excluding hydrogens is 419 g/mol. The van der Waals surface area contributed by atoms with Gasteiger partial charge in [-0.15, -0.1) is 0 Å². The SMILES string of the molecule is Cn1cc(-c2ccc(Cc3cc(C(=O)C[C@H]4CCCC[C@@H]4O)n4ncccc34)c(F)c2)cn1. The van der Waals surface area contributed by atoms with Crippen molar-refractivity contribution in [3.05, 3.63) is 77.6 Å². The second kappa shape index (κ2) is 8.90. The molecule has 0 saturated heterocycles. The van der Waals surface area contributed by atoms with Gasteiger partial charge in [0.15, 0.2) is 5.78 Å². The van der Waals surface area contributed by atoms with Crippen molar-refractivity contribution in [2.24, 2.45) is 13.0 Å². The molecule has 4 aromatic rings. The van der Waals surface area contributed by atoms with E-state index in [2.05, 4.69) is 10.2 Å². The van der Waals surface area contributed by atoms with Crippen LogP contribution >= 0.6 is 0 Å². The van der Waals surface area contributed by atoms with Crippen molar-refractivity contribution < 1.29 is 14.3 Å². The number of Topliss-reactive ketones (excluding diaryl/α,β-unsaturated/α-hetero) is 1. The van der Waals surface area contributed by atoms with Gasteiger partial charge in [-0.25, -0.2) is 8.91 Å². The Labute approximate surface area is 191 Å². The Morgan fingerprint density at radius 3 is 2.73 bits per heavy atom. The molecule has 0 bridgehead atoms. The summed E-state index contributed by atoms with van der Waals surface area (Å²) in [7, 11) is 1.83. The summed E-state index contributed by atoms with van der Waals surface area (Å²) in [5, 5.41) is 18.8. The zero-order chi connectivity index (χ0) is 22.9. The van der Waals surface area contributed by atoms with E-state index in [1.54, 1.807) is 27.7 Å². The molecule has 2 atom stereocenters. The summed E-state index contributed by atoms with van der Waals surface area (Å²) in [6.07, 6.45) is 9.12. The number of benzene rings is 1. The Bertz CT molecular complexity index is 1310. The van der Waals surface area contributed by atoms with Crippen LogP contribution in [0.3, 0.4) is 0 Å². The lowest BCUT2D eigenvalue weighted by Gasteiger charge is -2.26. The minimum atomic E-state index is -0.422. The second-order valence-electron chi connectivity index (χ2n) is 9.00. The molecular formula is C26H27FN4O2. The lowest BCUT2D eigenvalue weighted by atomic mass is 9.83. The number of hydrogen-bond donors (Lipinski definition) is 1. The monoisotopic (exact) mass is 446 g/mol. The number of aliphatic hydroxyl groups is 1. The average molecular weight is 447 g/mol. The zero-order valence-corrected chi connectivity index (χ0v) is 18.6. The number of rotatable bonds is 6. The van der Waals surface area contributed by atoms with Crippen LogP contribution in [-0.2, 0) is 13.5 Å². The Hall–Kier alpha value is -3.32. The number of aromatic nitrogens is 4. The van der Waals surface area contributed by atoms with Crippen LogP contribution in [0.5, 0.6) is 0 Å². The van der Waals surface area contributed by atoms with Gasteiger partial charge in [-0.05, 0) is 59.7 Å². The fraction of sp³-hybridized carbons (Fsp3) is 0.346. The fourth-order valence-corrected chi connectivity index (χ4v) is 4.86. The molecule has 0 aliphatic heterocycles. The van der Waals surface area contributed by atoms with Gasteiger partial charge >= 0.3 is 0 Å². The van der Waals surface area contributed by atoms with Crippen LogP contribution in [0.1, 0.15) is 53.7 Å². The summed E-state index contributed by atoms with van der Waals surface area (Å²) in [6, 6.07) is 10.8. The van der Waals surface area contributed by atoms with Gasteiger partial charge in [0.1, 0.15) is 11.5 Å². The molecule has 1 saturated carbocycles. The summed E-state index contributed by atoms with van der Waals surface area (Å²) < 4.78 is 18.3. The Morgan fingerprint density at radius 1 is 1.12 bits per heavy atom. The third-order valence-electron chi connectivity index (χ3n) is 6.69. The van der Waals surface area contributed by atoms with E-state index in [1.165, 1.54) is 6.07 Å². The van der Waals surface area contributed by atoms with Crippen LogP contribution in [0.25, 0.3) is 16.6 Å². The summed E-state index contributed by atoms with van der Waals surface area (Å²) in [5.41, 5.74) is 4.32. The third-order valence-corrected chi connectivity index (χ3v) is 6.69.